The van der Waals surface area contributed by atoms with Gasteiger partial charge in [0.15, 0.2) is 0 Å². The summed E-state index contributed by atoms with van der Waals surface area (Å²) in [7, 11) is 0. The van der Waals surface area contributed by atoms with Crippen LogP contribution in [-0.4, -0.2) is 27.7 Å². The third-order valence-corrected chi connectivity index (χ3v) is 7.83. The highest BCUT2D eigenvalue weighted by Crippen LogP contribution is 2.32. The molecule has 7 heteroatoms. The summed E-state index contributed by atoms with van der Waals surface area (Å²) in [4.78, 5) is 18.7. The summed E-state index contributed by atoms with van der Waals surface area (Å²) in [5, 5.41) is 4.33. The molecule has 2 aromatic heterocycles. The van der Waals surface area contributed by atoms with Crippen LogP contribution in [0.3, 0.4) is 0 Å². The first-order valence-corrected chi connectivity index (χ1v) is 12.1. The highest BCUT2D eigenvalue weighted by molar-refractivity contribution is 7.22. The van der Waals surface area contributed by atoms with Gasteiger partial charge in [0.1, 0.15) is 22.9 Å². The predicted molar refractivity (Wildman–Crippen MR) is 129 cm³/mol. The largest absolute Gasteiger partial charge is 0.490 e. The Morgan fingerprint density at radius 2 is 1.75 bits per heavy atom. The average Bonchev–Trinajstić information content (AvgIpc) is 3.39. The lowest BCUT2D eigenvalue weighted by Gasteiger charge is -2.29. The van der Waals surface area contributed by atoms with Crippen LogP contribution in [0.5, 0.6) is 5.75 Å². The zero-order valence-electron chi connectivity index (χ0n) is 17.3. The number of fused-ring (bicyclic) bond motifs is 3. The molecular weight excluding hydrogens is 442 g/mol. The van der Waals surface area contributed by atoms with Crippen molar-refractivity contribution >= 4 is 33.2 Å². The van der Waals surface area contributed by atoms with E-state index < -0.39 is 0 Å². The quantitative estimate of drug-likeness (QED) is 0.438. The molecule has 2 bridgehead atoms. The molecule has 2 aliphatic heterocycles. The van der Waals surface area contributed by atoms with Gasteiger partial charge in [0.05, 0.1) is 11.2 Å². The van der Waals surface area contributed by atoms with E-state index in [0.717, 1.165) is 34.7 Å². The second-order valence-corrected chi connectivity index (χ2v) is 10.1. The lowest BCUT2D eigenvalue weighted by atomic mass is 10.0. The monoisotopic (exact) mass is 463 g/mol. The highest BCUT2D eigenvalue weighted by atomic mass is 35.5. The SMILES string of the molecule is O=c1c2sc(-c3ccc(Cl)cc3)cc2ncn1-c1ccc(O[C@H]2C[C@H]3CC[C@@H](C2)N3)cc1. The van der Waals surface area contributed by atoms with Crippen LogP contribution in [0.1, 0.15) is 25.7 Å². The molecule has 1 N–H and O–H groups in total. The fourth-order valence-corrected chi connectivity index (χ4v) is 6.00. The Labute approximate surface area is 194 Å². The Hall–Kier alpha value is -2.67. The third kappa shape index (κ3) is 3.72. The molecule has 2 aliphatic rings. The van der Waals surface area contributed by atoms with Gasteiger partial charge >= 0.3 is 0 Å². The van der Waals surface area contributed by atoms with Crippen LogP contribution < -0.4 is 15.6 Å². The van der Waals surface area contributed by atoms with Crippen molar-refractivity contribution in [3.8, 4) is 21.9 Å². The molecule has 4 heterocycles. The summed E-state index contributed by atoms with van der Waals surface area (Å²) in [6.45, 7) is 0. The zero-order chi connectivity index (χ0) is 21.7. The molecule has 6 rings (SSSR count). The third-order valence-electron chi connectivity index (χ3n) is 6.41. The fourth-order valence-electron chi connectivity index (χ4n) is 4.83. The minimum atomic E-state index is -0.0659. The Bertz CT molecular complexity index is 1320. The van der Waals surface area contributed by atoms with E-state index in [-0.39, 0.29) is 11.7 Å². The van der Waals surface area contributed by atoms with Crippen LogP contribution in [0.2, 0.25) is 5.02 Å². The highest BCUT2D eigenvalue weighted by Gasteiger charge is 2.34. The molecule has 2 aromatic carbocycles. The minimum absolute atomic E-state index is 0.0659. The molecule has 0 saturated carbocycles. The van der Waals surface area contributed by atoms with Crippen molar-refractivity contribution in [2.24, 2.45) is 0 Å². The Balaban J connectivity index is 1.25. The van der Waals surface area contributed by atoms with Crippen LogP contribution in [-0.2, 0) is 0 Å². The van der Waals surface area contributed by atoms with Crippen LogP contribution in [0.15, 0.2) is 65.7 Å². The zero-order valence-corrected chi connectivity index (χ0v) is 18.9. The molecule has 0 spiro atoms. The Morgan fingerprint density at radius 3 is 2.47 bits per heavy atom. The summed E-state index contributed by atoms with van der Waals surface area (Å²) >= 11 is 7.45. The van der Waals surface area contributed by atoms with Crippen molar-refractivity contribution in [3.63, 3.8) is 0 Å². The van der Waals surface area contributed by atoms with Gasteiger partial charge in [-0.1, -0.05) is 23.7 Å². The van der Waals surface area contributed by atoms with E-state index in [0.29, 0.717) is 27.3 Å². The second-order valence-electron chi connectivity index (χ2n) is 8.59. The summed E-state index contributed by atoms with van der Waals surface area (Å²) < 4.78 is 8.48. The number of rotatable bonds is 4. The van der Waals surface area contributed by atoms with Gasteiger partial charge in [0.25, 0.3) is 5.56 Å². The minimum Gasteiger partial charge on any atom is -0.490 e. The maximum atomic E-state index is 13.2. The van der Waals surface area contributed by atoms with Gasteiger partial charge in [0, 0.05) is 22.0 Å². The number of hydrogen-bond acceptors (Lipinski definition) is 5. The number of hydrogen-bond donors (Lipinski definition) is 1. The maximum Gasteiger partial charge on any atom is 0.275 e. The summed E-state index contributed by atoms with van der Waals surface area (Å²) in [6, 6.07) is 18.5. The smallest absolute Gasteiger partial charge is 0.275 e. The lowest BCUT2D eigenvalue weighted by molar-refractivity contribution is 0.137. The molecule has 0 amide bonds. The topological polar surface area (TPSA) is 56.2 Å². The van der Waals surface area contributed by atoms with E-state index in [2.05, 4.69) is 10.3 Å². The van der Waals surface area contributed by atoms with Gasteiger partial charge in [-0.15, -0.1) is 11.3 Å². The van der Waals surface area contributed by atoms with Crippen molar-refractivity contribution in [3.05, 3.63) is 76.3 Å². The van der Waals surface area contributed by atoms with E-state index in [1.807, 2.05) is 54.6 Å². The Morgan fingerprint density at radius 1 is 1.03 bits per heavy atom. The van der Waals surface area contributed by atoms with Crippen LogP contribution in [0.4, 0.5) is 0 Å². The van der Waals surface area contributed by atoms with Crippen molar-refractivity contribution < 1.29 is 4.74 Å². The Kier molecular flexibility index (Phi) is 5.01. The number of thiophene rings is 1. The fraction of sp³-hybridized carbons (Fsp3) is 0.280. The van der Waals surface area contributed by atoms with Crippen molar-refractivity contribution in [1.29, 1.82) is 0 Å². The first kappa shape index (κ1) is 20.0. The van der Waals surface area contributed by atoms with Gasteiger partial charge in [-0.3, -0.25) is 9.36 Å². The van der Waals surface area contributed by atoms with Crippen molar-refractivity contribution in [2.45, 2.75) is 43.9 Å². The molecule has 5 nitrogen and oxygen atoms in total. The lowest BCUT2D eigenvalue weighted by Crippen LogP contribution is -2.42. The molecule has 0 aliphatic carbocycles. The maximum absolute atomic E-state index is 13.2. The van der Waals surface area contributed by atoms with Gasteiger partial charge in [-0.2, -0.15) is 0 Å². The summed E-state index contributed by atoms with van der Waals surface area (Å²) in [5.41, 5.74) is 2.45. The predicted octanol–water partition coefficient (Wildman–Crippen LogP) is 5.43. The first-order chi connectivity index (χ1) is 15.6. The molecule has 3 atom stereocenters. The standard InChI is InChI=1S/C25H22ClN3O2S/c26-16-3-1-15(2-4-16)23-13-22-24(32-23)25(30)29(14-27-22)19-7-9-20(10-8-19)31-21-11-17-5-6-18(12-21)28-17/h1-4,7-10,13-14,17-18,21,28H,5-6,11-12H2/t17-,18+,21+. The van der Waals surface area contributed by atoms with Crippen molar-refractivity contribution in [2.75, 3.05) is 0 Å². The van der Waals surface area contributed by atoms with Gasteiger partial charge in [-0.25, -0.2) is 4.98 Å². The number of nitrogens with one attached hydrogen (secondary N) is 1. The molecule has 2 fully saturated rings. The van der Waals surface area contributed by atoms with E-state index >= 15 is 0 Å². The van der Waals surface area contributed by atoms with Gasteiger partial charge in [0.2, 0.25) is 0 Å². The molecule has 0 radical (unpaired) electrons. The number of piperidine rings is 1. The molecular formula is C25H22ClN3O2S. The van der Waals surface area contributed by atoms with Crippen molar-refractivity contribution in [1.82, 2.24) is 14.9 Å². The summed E-state index contributed by atoms with van der Waals surface area (Å²) in [6.07, 6.45) is 6.50. The average molecular weight is 464 g/mol. The number of benzene rings is 2. The number of ether oxygens (including phenoxy) is 1. The van der Waals surface area contributed by atoms with E-state index in [4.69, 9.17) is 16.3 Å². The first-order valence-electron chi connectivity index (χ1n) is 10.9. The number of nitrogens with zero attached hydrogens (tertiary/aromatic N) is 2. The number of aromatic nitrogens is 2. The van der Waals surface area contributed by atoms with E-state index in [9.17, 15) is 4.79 Å². The molecule has 2 saturated heterocycles. The molecule has 32 heavy (non-hydrogen) atoms. The van der Waals surface area contributed by atoms with Crippen LogP contribution in [0, 0.1) is 0 Å². The van der Waals surface area contributed by atoms with Gasteiger partial charge in [-0.05, 0) is 73.7 Å². The molecule has 4 aromatic rings. The normalized spacial score (nSPS) is 22.3. The second kappa shape index (κ2) is 8.03. The summed E-state index contributed by atoms with van der Waals surface area (Å²) in [5.74, 6) is 0.850. The molecule has 0 unspecified atom stereocenters. The van der Waals surface area contributed by atoms with E-state index in [1.165, 1.54) is 24.2 Å². The van der Waals surface area contributed by atoms with E-state index in [1.54, 1.807) is 10.9 Å². The van der Waals surface area contributed by atoms with Gasteiger partial charge < -0.3 is 10.1 Å². The van der Waals surface area contributed by atoms with Crippen LogP contribution in [0.25, 0.3) is 26.3 Å². The van der Waals surface area contributed by atoms with Crippen LogP contribution >= 0.6 is 22.9 Å². The molecule has 162 valence electrons. The number of halogens is 1.